The Bertz CT molecular complexity index is 713. The van der Waals surface area contributed by atoms with Crippen molar-refractivity contribution in [2.45, 2.75) is 65.3 Å². The number of ether oxygens (including phenoxy) is 1. The number of rotatable bonds is 5. The van der Waals surface area contributed by atoms with Gasteiger partial charge in [-0.2, -0.15) is 0 Å². The second-order valence-electron chi connectivity index (χ2n) is 9.02. The number of carbonyl (C=O) groups excluding carboxylic acids is 2. The van der Waals surface area contributed by atoms with Crippen molar-refractivity contribution in [1.82, 2.24) is 10.6 Å². The van der Waals surface area contributed by atoms with Crippen LogP contribution in [0, 0.1) is 0 Å². The molecule has 1 heterocycles. The number of urea groups is 1. The first kappa shape index (κ1) is 23.0. The summed E-state index contributed by atoms with van der Waals surface area (Å²) < 4.78 is 17.2. The summed E-state index contributed by atoms with van der Waals surface area (Å²) >= 11 is 0. The lowest BCUT2D eigenvalue weighted by molar-refractivity contribution is 0.00578. The minimum Gasteiger partial charge on any atom is -0.444 e. The minimum absolute atomic E-state index is 0.267. The molecule has 0 unspecified atom stereocenters. The SMILES string of the molecule is CC(C)(C)OC(=O)NCCNC(=O)Nc1ccc(B2OC(C)(C)C(C)(C)O2)cc1. The Balaban J connectivity index is 1.76. The Kier molecular flexibility index (Phi) is 6.85. The largest absolute Gasteiger partial charge is 0.494 e. The molecule has 9 heteroatoms. The summed E-state index contributed by atoms with van der Waals surface area (Å²) in [5, 5.41) is 7.99. The standard InChI is InChI=1S/C20H32BN3O5/c1-18(2,3)27-17(26)23-13-12-22-16(25)24-15-10-8-14(9-11-15)21-28-19(4,5)20(6,7)29-21/h8-11H,12-13H2,1-7H3,(H,23,26)(H2,22,24,25). The van der Waals surface area contributed by atoms with Gasteiger partial charge in [0, 0.05) is 18.8 Å². The second kappa shape index (κ2) is 8.63. The van der Waals surface area contributed by atoms with E-state index in [2.05, 4.69) is 16.0 Å². The molecule has 0 aromatic heterocycles. The van der Waals surface area contributed by atoms with Crippen LogP contribution >= 0.6 is 0 Å². The van der Waals surface area contributed by atoms with Crippen LogP contribution in [0.4, 0.5) is 15.3 Å². The van der Waals surface area contributed by atoms with Crippen LogP contribution in [0.15, 0.2) is 24.3 Å². The molecule has 1 aliphatic heterocycles. The quantitative estimate of drug-likeness (QED) is 0.517. The number of benzene rings is 1. The third-order valence-corrected chi connectivity index (χ3v) is 4.77. The van der Waals surface area contributed by atoms with E-state index in [1.807, 2.05) is 39.8 Å². The van der Waals surface area contributed by atoms with Gasteiger partial charge < -0.3 is 30.0 Å². The number of amides is 3. The van der Waals surface area contributed by atoms with Crippen LogP contribution in [0.2, 0.25) is 0 Å². The van der Waals surface area contributed by atoms with Gasteiger partial charge in [0.25, 0.3) is 0 Å². The molecule has 3 amide bonds. The lowest BCUT2D eigenvalue weighted by Gasteiger charge is -2.32. The molecule has 8 nitrogen and oxygen atoms in total. The minimum atomic E-state index is -0.554. The zero-order chi connectivity index (χ0) is 21.9. The van der Waals surface area contributed by atoms with E-state index < -0.39 is 30.0 Å². The highest BCUT2D eigenvalue weighted by atomic mass is 16.7. The molecule has 2 rings (SSSR count). The van der Waals surface area contributed by atoms with Gasteiger partial charge in [-0.1, -0.05) is 12.1 Å². The maximum atomic E-state index is 12.0. The van der Waals surface area contributed by atoms with E-state index in [0.717, 1.165) is 5.46 Å². The summed E-state index contributed by atoms with van der Waals surface area (Å²) in [4.78, 5) is 23.5. The fraction of sp³-hybridized carbons (Fsp3) is 0.600. The van der Waals surface area contributed by atoms with Crippen molar-refractivity contribution in [1.29, 1.82) is 0 Å². The number of alkyl carbamates (subject to hydrolysis) is 1. The molecule has 0 atom stereocenters. The molecular weight excluding hydrogens is 373 g/mol. The lowest BCUT2D eigenvalue weighted by atomic mass is 9.79. The molecule has 29 heavy (non-hydrogen) atoms. The molecule has 3 N–H and O–H groups in total. The van der Waals surface area contributed by atoms with Crippen molar-refractivity contribution >= 4 is 30.4 Å². The third-order valence-electron chi connectivity index (χ3n) is 4.77. The molecule has 1 aromatic rings. The Labute approximate surface area is 173 Å². The van der Waals surface area contributed by atoms with Crippen LogP contribution in [0.1, 0.15) is 48.5 Å². The number of carbonyl (C=O) groups is 2. The summed E-state index contributed by atoms with van der Waals surface area (Å²) in [7, 11) is -0.443. The predicted molar refractivity (Wildman–Crippen MR) is 113 cm³/mol. The van der Waals surface area contributed by atoms with Gasteiger partial charge in [-0.15, -0.1) is 0 Å². The maximum absolute atomic E-state index is 12.0. The van der Waals surface area contributed by atoms with Crippen molar-refractivity contribution in [2.24, 2.45) is 0 Å². The summed E-state index contributed by atoms with van der Waals surface area (Å²) in [5.74, 6) is 0. The Morgan fingerprint density at radius 2 is 1.48 bits per heavy atom. The van der Waals surface area contributed by atoms with Crippen LogP contribution in [-0.2, 0) is 14.0 Å². The predicted octanol–water partition coefficient (Wildman–Crippen LogP) is 2.63. The van der Waals surface area contributed by atoms with Crippen LogP contribution in [0.3, 0.4) is 0 Å². The molecule has 0 radical (unpaired) electrons. The normalized spacial score (nSPS) is 17.6. The molecular formula is C20H32BN3O5. The summed E-state index contributed by atoms with van der Waals surface area (Å²) in [6.07, 6.45) is -0.516. The van der Waals surface area contributed by atoms with Gasteiger partial charge in [0.2, 0.25) is 0 Å². The van der Waals surface area contributed by atoms with Gasteiger partial charge in [0.05, 0.1) is 11.2 Å². The third kappa shape index (κ3) is 6.64. The van der Waals surface area contributed by atoms with Crippen LogP contribution in [0.25, 0.3) is 0 Å². The van der Waals surface area contributed by atoms with E-state index in [-0.39, 0.29) is 19.1 Å². The highest BCUT2D eigenvalue weighted by Crippen LogP contribution is 2.36. The average Bonchev–Trinajstić information content (AvgIpc) is 2.78. The number of anilines is 1. The van der Waals surface area contributed by atoms with Crippen LogP contribution < -0.4 is 21.4 Å². The van der Waals surface area contributed by atoms with Gasteiger partial charge in [-0.25, -0.2) is 9.59 Å². The highest BCUT2D eigenvalue weighted by molar-refractivity contribution is 6.62. The smallest absolute Gasteiger partial charge is 0.444 e. The molecule has 0 spiro atoms. The zero-order valence-electron chi connectivity index (χ0n) is 18.3. The van der Waals surface area contributed by atoms with Crippen molar-refractivity contribution < 1.29 is 23.6 Å². The van der Waals surface area contributed by atoms with E-state index in [0.29, 0.717) is 5.69 Å². The molecule has 1 aromatic carbocycles. The van der Waals surface area contributed by atoms with Crippen LogP contribution in [0.5, 0.6) is 0 Å². The first-order chi connectivity index (χ1) is 13.3. The van der Waals surface area contributed by atoms with Gasteiger partial charge in [-0.05, 0) is 66.1 Å². The maximum Gasteiger partial charge on any atom is 0.494 e. The number of hydrogen-bond acceptors (Lipinski definition) is 5. The molecule has 160 valence electrons. The number of hydrogen-bond donors (Lipinski definition) is 3. The summed E-state index contributed by atoms with van der Waals surface area (Å²) in [6.45, 7) is 13.9. The lowest BCUT2D eigenvalue weighted by Crippen LogP contribution is -2.41. The monoisotopic (exact) mass is 405 g/mol. The van der Waals surface area contributed by atoms with Gasteiger partial charge in [-0.3, -0.25) is 0 Å². The Morgan fingerprint density at radius 1 is 0.966 bits per heavy atom. The average molecular weight is 405 g/mol. The molecule has 0 saturated carbocycles. The molecule has 1 fully saturated rings. The first-order valence-electron chi connectivity index (χ1n) is 9.76. The van der Waals surface area contributed by atoms with Crippen molar-refractivity contribution in [3.63, 3.8) is 0 Å². The molecule has 1 saturated heterocycles. The molecule has 0 bridgehead atoms. The van der Waals surface area contributed by atoms with E-state index in [9.17, 15) is 9.59 Å². The zero-order valence-corrected chi connectivity index (χ0v) is 18.3. The van der Waals surface area contributed by atoms with Crippen LogP contribution in [-0.4, -0.2) is 49.1 Å². The summed E-state index contributed by atoms with van der Waals surface area (Å²) in [6, 6.07) is 6.95. The Morgan fingerprint density at radius 3 is 2.00 bits per heavy atom. The van der Waals surface area contributed by atoms with Crippen molar-refractivity contribution in [2.75, 3.05) is 18.4 Å². The molecule has 1 aliphatic rings. The fourth-order valence-corrected chi connectivity index (χ4v) is 2.53. The second-order valence-corrected chi connectivity index (χ2v) is 9.02. The van der Waals surface area contributed by atoms with E-state index in [1.54, 1.807) is 32.9 Å². The van der Waals surface area contributed by atoms with E-state index in [4.69, 9.17) is 14.0 Å². The molecule has 0 aliphatic carbocycles. The summed E-state index contributed by atoms with van der Waals surface area (Å²) in [5.41, 5.74) is 0.170. The van der Waals surface area contributed by atoms with Gasteiger partial charge in [0.15, 0.2) is 0 Å². The van der Waals surface area contributed by atoms with E-state index >= 15 is 0 Å². The highest BCUT2D eigenvalue weighted by Gasteiger charge is 2.51. The Hall–Kier alpha value is -2.26. The fourth-order valence-electron chi connectivity index (χ4n) is 2.53. The topological polar surface area (TPSA) is 97.9 Å². The van der Waals surface area contributed by atoms with Gasteiger partial charge >= 0.3 is 19.2 Å². The van der Waals surface area contributed by atoms with Crippen molar-refractivity contribution in [3.8, 4) is 0 Å². The van der Waals surface area contributed by atoms with Gasteiger partial charge in [0.1, 0.15) is 5.60 Å². The number of nitrogens with one attached hydrogen (secondary N) is 3. The first-order valence-corrected chi connectivity index (χ1v) is 9.76. The van der Waals surface area contributed by atoms with Crippen molar-refractivity contribution in [3.05, 3.63) is 24.3 Å². The van der Waals surface area contributed by atoms with E-state index in [1.165, 1.54) is 0 Å².